The Balaban J connectivity index is 2.38. The second kappa shape index (κ2) is 4.14. The highest BCUT2D eigenvalue weighted by Crippen LogP contribution is 2.43. The first-order valence-corrected chi connectivity index (χ1v) is 5.35. The molecule has 0 atom stereocenters. The Kier molecular flexibility index (Phi) is 2.95. The van der Waals surface area contributed by atoms with E-state index in [1.54, 1.807) is 0 Å². The van der Waals surface area contributed by atoms with Gasteiger partial charge in [0, 0.05) is 12.0 Å². The van der Waals surface area contributed by atoms with Gasteiger partial charge in [-0.2, -0.15) is 0 Å². The second-order valence-electron chi connectivity index (χ2n) is 4.43. The molecule has 1 aliphatic carbocycles. The molecule has 0 aliphatic heterocycles. The Bertz CT molecular complexity index is 428. The van der Waals surface area contributed by atoms with Crippen LogP contribution in [0.3, 0.4) is 0 Å². The van der Waals surface area contributed by atoms with E-state index < -0.39 is 23.3 Å². The SMILES string of the molecule is COc1cc(CC2(O)CC2)c(O)c(C(F)F)c1. The van der Waals surface area contributed by atoms with E-state index in [1.165, 1.54) is 13.2 Å². The van der Waals surface area contributed by atoms with E-state index in [2.05, 4.69) is 0 Å². The number of phenolic OH excluding ortho intramolecular Hbond substituents is 1. The molecule has 1 saturated carbocycles. The lowest BCUT2D eigenvalue weighted by Gasteiger charge is -2.14. The molecule has 0 amide bonds. The number of benzene rings is 1. The standard InChI is InChI=1S/C12H14F2O3/c1-17-8-4-7(6-12(16)2-3-12)10(15)9(5-8)11(13)14/h4-5,11,15-16H,2-3,6H2,1H3. The molecule has 0 heterocycles. The van der Waals surface area contributed by atoms with Crippen LogP contribution < -0.4 is 4.74 Å². The van der Waals surface area contributed by atoms with Crippen molar-refractivity contribution in [1.82, 2.24) is 0 Å². The first-order valence-electron chi connectivity index (χ1n) is 5.35. The van der Waals surface area contributed by atoms with E-state index in [0.29, 0.717) is 18.4 Å². The summed E-state index contributed by atoms with van der Waals surface area (Å²) in [7, 11) is 1.37. The zero-order valence-corrected chi connectivity index (χ0v) is 9.41. The van der Waals surface area contributed by atoms with E-state index in [-0.39, 0.29) is 12.2 Å². The van der Waals surface area contributed by atoms with Crippen LogP contribution in [0, 0.1) is 0 Å². The fourth-order valence-electron chi connectivity index (χ4n) is 1.78. The minimum Gasteiger partial charge on any atom is -0.507 e. The molecule has 0 saturated heterocycles. The van der Waals surface area contributed by atoms with Crippen molar-refractivity contribution < 1.29 is 23.7 Å². The van der Waals surface area contributed by atoms with Crippen molar-refractivity contribution in [2.45, 2.75) is 31.3 Å². The lowest BCUT2D eigenvalue weighted by atomic mass is 10.0. The number of methoxy groups -OCH3 is 1. The van der Waals surface area contributed by atoms with Gasteiger partial charge in [0.1, 0.15) is 11.5 Å². The van der Waals surface area contributed by atoms with E-state index in [0.717, 1.165) is 6.07 Å². The molecular weight excluding hydrogens is 230 g/mol. The van der Waals surface area contributed by atoms with Crippen LogP contribution in [-0.2, 0) is 6.42 Å². The smallest absolute Gasteiger partial charge is 0.267 e. The number of ether oxygens (including phenoxy) is 1. The van der Waals surface area contributed by atoms with E-state index in [4.69, 9.17) is 4.74 Å². The number of phenols is 1. The summed E-state index contributed by atoms with van der Waals surface area (Å²) < 4.78 is 30.3. The summed E-state index contributed by atoms with van der Waals surface area (Å²) in [4.78, 5) is 0. The monoisotopic (exact) mass is 244 g/mol. The van der Waals surface area contributed by atoms with Gasteiger partial charge in [0.25, 0.3) is 6.43 Å². The van der Waals surface area contributed by atoms with E-state index in [1.807, 2.05) is 0 Å². The van der Waals surface area contributed by atoms with Crippen molar-refractivity contribution in [2.75, 3.05) is 7.11 Å². The van der Waals surface area contributed by atoms with Crippen LogP contribution in [-0.4, -0.2) is 22.9 Å². The van der Waals surface area contributed by atoms with Crippen LogP contribution >= 0.6 is 0 Å². The average molecular weight is 244 g/mol. The van der Waals surface area contributed by atoms with Gasteiger partial charge in [-0.3, -0.25) is 0 Å². The molecule has 17 heavy (non-hydrogen) atoms. The van der Waals surface area contributed by atoms with E-state index in [9.17, 15) is 19.0 Å². The van der Waals surface area contributed by atoms with Gasteiger partial charge in [-0.05, 0) is 25.0 Å². The summed E-state index contributed by atoms with van der Waals surface area (Å²) in [6, 6.07) is 2.60. The normalized spacial score (nSPS) is 17.2. The number of hydrogen-bond donors (Lipinski definition) is 2. The summed E-state index contributed by atoms with van der Waals surface area (Å²) in [5.41, 5.74) is -0.994. The van der Waals surface area contributed by atoms with Crippen LogP contribution in [0.25, 0.3) is 0 Å². The fourth-order valence-corrected chi connectivity index (χ4v) is 1.78. The number of aliphatic hydroxyl groups is 1. The van der Waals surface area contributed by atoms with Gasteiger partial charge in [-0.1, -0.05) is 0 Å². The predicted octanol–water partition coefficient (Wildman–Crippen LogP) is 2.41. The first-order chi connectivity index (χ1) is 7.95. The molecule has 0 bridgehead atoms. The van der Waals surface area contributed by atoms with Crippen molar-refractivity contribution >= 4 is 0 Å². The van der Waals surface area contributed by atoms with Gasteiger partial charge < -0.3 is 14.9 Å². The van der Waals surface area contributed by atoms with Crippen LogP contribution in [0.4, 0.5) is 8.78 Å². The quantitative estimate of drug-likeness (QED) is 0.855. The van der Waals surface area contributed by atoms with Gasteiger partial charge in [0.05, 0.1) is 18.3 Å². The highest BCUT2D eigenvalue weighted by Gasteiger charge is 2.41. The lowest BCUT2D eigenvalue weighted by molar-refractivity contribution is 0.142. The molecule has 1 aromatic rings. The van der Waals surface area contributed by atoms with Gasteiger partial charge in [0.15, 0.2) is 0 Å². The minimum absolute atomic E-state index is 0.176. The maximum Gasteiger partial charge on any atom is 0.267 e. The minimum atomic E-state index is -2.77. The summed E-state index contributed by atoms with van der Waals surface area (Å²) in [5, 5.41) is 19.5. The molecule has 2 rings (SSSR count). The third-order valence-corrected chi connectivity index (χ3v) is 3.01. The average Bonchev–Trinajstić information content (AvgIpc) is 2.99. The summed E-state index contributed by atoms with van der Waals surface area (Å²) in [6.07, 6.45) is -1.32. The largest absolute Gasteiger partial charge is 0.507 e. The maximum absolute atomic E-state index is 12.7. The highest BCUT2D eigenvalue weighted by molar-refractivity contribution is 5.48. The molecule has 0 radical (unpaired) electrons. The molecule has 94 valence electrons. The zero-order chi connectivity index (χ0) is 12.6. The van der Waals surface area contributed by atoms with Gasteiger partial charge in [-0.15, -0.1) is 0 Å². The molecule has 0 spiro atoms. The molecule has 1 aromatic carbocycles. The Labute approximate surface area is 97.6 Å². The number of halogens is 2. The van der Waals surface area contributed by atoms with Crippen LogP contribution in [0.5, 0.6) is 11.5 Å². The topological polar surface area (TPSA) is 49.7 Å². The molecule has 1 aliphatic rings. The summed E-state index contributed by atoms with van der Waals surface area (Å²) >= 11 is 0. The first kappa shape index (κ1) is 12.1. The van der Waals surface area contributed by atoms with Crippen LogP contribution in [0.1, 0.15) is 30.4 Å². The molecular formula is C12H14F2O3. The van der Waals surface area contributed by atoms with Gasteiger partial charge >= 0.3 is 0 Å². The maximum atomic E-state index is 12.7. The number of alkyl halides is 2. The van der Waals surface area contributed by atoms with Crippen LogP contribution in [0.2, 0.25) is 0 Å². The molecule has 0 aromatic heterocycles. The molecule has 5 heteroatoms. The number of aromatic hydroxyl groups is 1. The van der Waals surface area contributed by atoms with Crippen molar-refractivity contribution in [2.24, 2.45) is 0 Å². The van der Waals surface area contributed by atoms with Crippen molar-refractivity contribution in [3.05, 3.63) is 23.3 Å². The summed E-state index contributed by atoms with van der Waals surface area (Å²) in [6.45, 7) is 0. The van der Waals surface area contributed by atoms with E-state index >= 15 is 0 Å². The van der Waals surface area contributed by atoms with Crippen molar-refractivity contribution in [3.63, 3.8) is 0 Å². The highest BCUT2D eigenvalue weighted by atomic mass is 19.3. The van der Waals surface area contributed by atoms with Crippen molar-refractivity contribution in [3.8, 4) is 11.5 Å². The Morgan fingerprint density at radius 3 is 2.53 bits per heavy atom. The third kappa shape index (κ3) is 2.49. The van der Waals surface area contributed by atoms with Gasteiger partial charge in [0.2, 0.25) is 0 Å². The number of rotatable bonds is 4. The Hall–Kier alpha value is -1.36. The van der Waals surface area contributed by atoms with Crippen LogP contribution in [0.15, 0.2) is 12.1 Å². The zero-order valence-electron chi connectivity index (χ0n) is 9.41. The molecule has 2 N–H and O–H groups in total. The Morgan fingerprint density at radius 1 is 1.41 bits per heavy atom. The Morgan fingerprint density at radius 2 is 2.06 bits per heavy atom. The number of hydrogen-bond acceptors (Lipinski definition) is 3. The van der Waals surface area contributed by atoms with Crippen molar-refractivity contribution in [1.29, 1.82) is 0 Å². The third-order valence-electron chi connectivity index (χ3n) is 3.01. The molecule has 3 nitrogen and oxygen atoms in total. The fraction of sp³-hybridized carbons (Fsp3) is 0.500. The van der Waals surface area contributed by atoms with Gasteiger partial charge in [-0.25, -0.2) is 8.78 Å². The molecule has 1 fully saturated rings. The predicted molar refractivity (Wildman–Crippen MR) is 57.5 cm³/mol. The second-order valence-corrected chi connectivity index (χ2v) is 4.43. The lowest BCUT2D eigenvalue weighted by Crippen LogP contribution is -2.11. The molecule has 0 unspecified atom stereocenters. The summed E-state index contributed by atoms with van der Waals surface area (Å²) in [5.74, 6) is -0.182.